The van der Waals surface area contributed by atoms with Crippen LogP contribution >= 0.6 is 0 Å². The van der Waals surface area contributed by atoms with Crippen LogP contribution in [0.25, 0.3) is 16.3 Å². The number of hydrogen-bond acceptors (Lipinski definition) is 6. The summed E-state index contributed by atoms with van der Waals surface area (Å²) in [5.74, 6) is -8.49. The molecule has 0 saturated heterocycles. The number of benzene rings is 2. The highest BCUT2D eigenvalue weighted by atomic mass is 19.4. The second-order valence-electron chi connectivity index (χ2n) is 8.25. The molecule has 2 N–H and O–H groups in total. The fraction of sp³-hybridized carbons (Fsp3) is 0.417. The number of aliphatic hydroxyl groups is 2. The van der Waals surface area contributed by atoms with Gasteiger partial charge < -0.3 is 19.7 Å². The Kier molecular flexibility index (Phi) is 7.56. The number of alkyl halides is 6. The molecule has 2 atom stereocenters. The summed E-state index contributed by atoms with van der Waals surface area (Å²) in [6, 6.07) is 1.79. The van der Waals surface area contributed by atoms with Gasteiger partial charge in [0.05, 0.1) is 18.8 Å². The van der Waals surface area contributed by atoms with Crippen molar-refractivity contribution >= 4 is 28.3 Å². The Balaban J connectivity index is 2.33. The van der Waals surface area contributed by atoms with Gasteiger partial charge in [0.1, 0.15) is 11.6 Å². The standard InChI is InChI=1S/C24H20F8O6/c1-3-37-19(33)21(35,23(27,28)29)15-7-5-6-11-12(15)8-9-13-14(11)10-16(25)17(18(13)26)22(36,24(30,31)32)20(34)38-4-2/h7-10,35-36H,3-6H2,1-2H3. The molecule has 38 heavy (non-hydrogen) atoms. The lowest BCUT2D eigenvalue weighted by Gasteiger charge is -2.34. The number of fused-ring (bicyclic) bond motifs is 3. The van der Waals surface area contributed by atoms with Gasteiger partial charge in [-0.2, -0.15) is 26.3 Å². The quantitative estimate of drug-likeness (QED) is 0.399. The first-order valence-electron chi connectivity index (χ1n) is 11.1. The molecule has 0 amide bonds. The lowest BCUT2D eigenvalue weighted by Crippen LogP contribution is -2.54. The Morgan fingerprint density at radius 1 is 0.868 bits per heavy atom. The van der Waals surface area contributed by atoms with Crippen LogP contribution in [0.15, 0.2) is 24.3 Å². The van der Waals surface area contributed by atoms with E-state index in [-0.39, 0.29) is 18.4 Å². The molecule has 0 spiro atoms. The summed E-state index contributed by atoms with van der Waals surface area (Å²) < 4.78 is 122. The normalized spacial score (nSPS) is 17.2. The van der Waals surface area contributed by atoms with Gasteiger partial charge in [-0.15, -0.1) is 0 Å². The molecule has 2 unspecified atom stereocenters. The molecule has 0 heterocycles. The summed E-state index contributed by atoms with van der Waals surface area (Å²) in [5.41, 5.74) is -12.7. The van der Waals surface area contributed by atoms with Crippen molar-refractivity contribution in [1.82, 2.24) is 0 Å². The Bertz CT molecular complexity index is 1320. The SMILES string of the molecule is CCOC(=O)C(O)(C1=CCCc2c1ccc1c(F)c(C(O)(C(=O)OCC)C(F)(F)F)c(F)cc21)C(F)(F)F. The Morgan fingerprint density at radius 3 is 1.89 bits per heavy atom. The average molecular weight is 556 g/mol. The zero-order chi connectivity index (χ0) is 28.8. The van der Waals surface area contributed by atoms with Crippen LogP contribution in [-0.4, -0.2) is 53.3 Å². The number of allylic oxidation sites excluding steroid dienone is 1. The van der Waals surface area contributed by atoms with Crippen molar-refractivity contribution in [2.45, 2.75) is 50.2 Å². The minimum absolute atomic E-state index is 0.188. The number of esters is 2. The first kappa shape index (κ1) is 29.3. The minimum Gasteiger partial charge on any atom is -0.463 e. The molecule has 14 heteroatoms. The monoisotopic (exact) mass is 556 g/mol. The molecular weight excluding hydrogens is 536 g/mol. The predicted molar refractivity (Wildman–Crippen MR) is 114 cm³/mol. The second kappa shape index (κ2) is 9.80. The summed E-state index contributed by atoms with van der Waals surface area (Å²) in [7, 11) is 0. The third kappa shape index (κ3) is 4.28. The van der Waals surface area contributed by atoms with E-state index in [1.54, 1.807) is 0 Å². The number of carbonyl (C=O) groups excluding carboxylic acids is 2. The largest absolute Gasteiger partial charge is 0.463 e. The molecule has 3 rings (SSSR count). The Labute approximate surface area is 209 Å². The van der Waals surface area contributed by atoms with Crippen molar-refractivity contribution in [3.63, 3.8) is 0 Å². The van der Waals surface area contributed by atoms with Gasteiger partial charge in [0.2, 0.25) is 0 Å². The van der Waals surface area contributed by atoms with Crippen molar-refractivity contribution < 1.29 is 64.4 Å². The topological polar surface area (TPSA) is 93.1 Å². The van der Waals surface area contributed by atoms with Crippen molar-refractivity contribution in [1.29, 1.82) is 0 Å². The van der Waals surface area contributed by atoms with Crippen molar-refractivity contribution in [3.05, 3.63) is 52.6 Å². The number of halogens is 8. The summed E-state index contributed by atoms with van der Waals surface area (Å²) in [6.45, 7) is 1.11. The smallest absolute Gasteiger partial charge is 0.432 e. The Morgan fingerprint density at radius 2 is 1.39 bits per heavy atom. The highest BCUT2D eigenvalue weighted by Crippen LogP contribution is 2.48. The molecule has 0 aromatic heterocycles. The Hall–Kier alpha value is -3.26. The van der Waals surface area contributed by atoms with Crippen LogP contribution in [0.2, 0.25) is 0 Å². The van der Waals surface area contributed by atoms with Gasteiger partial charge in [-0.25, -0.2) is 18.4 Å². The van der Waals surface area contributed by atoms with Crippen LogP contribution in [0.3, 0.4) is 0 Å². The number of rotatable bonds is 6. The molecule has 2 aromatic rings. The van der Waals surface area contributed by atoms with Gasteiger partial charge in [-0.1, -0.05) is 18.2 Å². The number of carbonyl (C=O) groups is 2. The lowest BCUT2D eigenvalue weighted by molar-refractivity contribution is -0.269. The molecule has 1 aliphatic carbocycles. The zero-order valence-corrected chi connectivity index (χ0v) is 19.7. The van der Waals surface area contributed by atoms with E-state index in [4.69, 9.17) is 0 Å². The maximum Gasteiger partial charge on any atom is 0.432 e. The van der Waals surface area contributed by atoms with Crippen molar-refractivity contribution in [2.75, 3.05) is 13.2 Å². The second-order valence-corrected chi connectivity index (χ2v) is 8.25. The molecule has 1 aliphatic rings. The summed E-state index contributed by atoms with van der Waals surface area (Å²) >= 11 is 0. The van der Waals surface area contributed by atoms with Crippen LogP contribution in [0.4, 0.5) is 35.1 Å². The average Bonchev–Trinajstić information content (AvgIpc) is 2.81. The number of ether oxygens (including phenoxy) is 2. The summed E-state index contributed by atoms with van der Waals surface area (Å²) in [4.78, 5) is 24.3. The first-order chi connectivity index (χ1) is 17.5. The molecule has 208 valence electrons. The van der Waals surface area contributed by atoms with Gasteiger partial charge in [-0.3, -0.25) is 0 Å². The van der Waals surface area contributed by atoms with E-state index in [2.05, 4.69) is 9.47 Å². The molecule has 6 nitrogen and oxygen atoms in total. The molecule has 0 aliphatic heterocycles. The summed E-state index contributed by atoms with van der Waals surface area (Å²) in [5, 5.41) is 19.5. The van der Waals surface area contributed by atoms with Crippen LogP contribution in [-0.2, 0) is 31.1 Å². The van der Waals surface area contributed by atoms with Crippen LogP contribution in [0.1, 0.15) is 37.0 Å². The van der Waals surface area contributed by atoms with Crippen molar-refractivity contribution in [2.24, 2.45) is 0 Å². The molecule has 0 saturated carbocycles. The molecular formula is C24H20F8O6. The van der Waals surface area contributed by atoms with E-state index >= 15 is 8.78 Å². The van der Waals surface area contributed by atoms with Crippen LogP contribution in [0, 0.1) is 11.6 Å². The molecule has 0 fully saturated rings. The van der Waals surface area contributed by atoms with Crippen molar-refractivity contribution in [3.8, 4) is 0 Å². The maximum atomic E-state index is 15.4. The van der Waals surface area contributed by atoms with E-state index in [9.17, 15) is 46.1 Å². The van der Waals surface area contributed by atoms with E-state index in [1.807, 2.05) is 0 Å². The first-order valence-corrected chi connectivity index (χ1v) is 11.1. The van der Waals surface area contributed by atoms with Gasteiger partial charge in [0, 0.05) is 11.0 Å². The van der Waals surface area contributed by atoms with E-state index in [0.29, 0.717) is 12.1 Å². The molecule has 0 radical (unpaired) electrons. The van der Waals surface area contributed by atoms with Gasteiger partial charge in [-0.05, 0) is 49.3 Å². The third-order valence-electron chi connectivity index (χ3n) is 6.07. The van der Waals surface area contributed by atoms with Gasteiger partial charge >= 0.3 is 24.3 Å². The van der Waals surface area contributed by atoms with Crippen LogP contribution < -0.4 is 0 Å². The molecule has 0 bridgehead atoms. The van der Waals surface area contributed by atoms with Gasteiger partial charge in [0.25, 0.3) is 11.2 Å². The minimum atomic E-state index is -5.93. The van der Waals surface area contributed by atoms with Crippen LogP contribution in [0.5, 0.6) is 0 Å². The fourth-order valence-electron chi connectivity index (χ4n) is 4.34. The summed E-state index contributed by atoms with van der Waals surface area (Å²) in [6.07, 6.45) is -11.1. The molecule has 2 aromatic carbocycles. The lowest BCUT2D eigenvalue weighted by atomic mass is 9.78. The zero-order valence-electron chi connectivity index (χ0n) is 19.7. The number of hydrogen-bond donors (Lipinski definition) is 2. The maximum absolute atomic E-state index is 15.4. The van der Waals surface area contributed by atoms with E-state index in [0.717, 1.165) is 19.1 Å². The van der Waals surface area contributed by atoms with Gasteiger partial charge in [0.15, 0.2) is 0 Å². The van der Waals surface area contributed by atoms with E-state index in [1.165, 1.54) is 6.92 Å². The van der Waals surface area contributed by atoms with E-state index < -0.39 is 87.8 Å². The third-order valence-corrected chi connectivity index (χ3v) is 6.07. The highest BCUT2D eigenvalue weighted by Gasteiger charge is 2.65. The number of aryl methyl sites for hydroxylation is 1. The highest BCUT2D eigenvalue weighted by molar-refractivity contribution is 6.01. The fourth-order valence-corrected chi connectivity index (χ4v) is 4.34. The predicted octanol–water partition coefficient (Wildman–Crippen LogP) is 4.62.